The van der Waals surface area contributed by atoms with Crippen LogP contribution in [-0.4, -0.2) is 46.3 Å². The van der Waals surface area contributed by atoms with E-state index in [0.717, 1.165) is 4.90 Å². The Labute approximate surface area is 153 Å². The molecule has 7 heteroatoms. The van der Waals surface area contributed by atoms with Crippen molar-refractivity contribution in [2.75, 3.05) is 6.54 Å². The molecule has 1 aromatic rings. The molecule has 1 atom stereocenters. The Morgan fingerprint density at radius 2 is 1.88 bits per heavy atom. The van der Waals surface area contributed by atoms with E-state index in [9.17, 15) is 14.4 Å². The van der Waals surface area contributed by atoms with Gasteiger partial charge >= 0.3 is 6.03 Å². The third-order valence-corrected chi connectivity index (χ3v) is 4.54. The summed E-state index contributed by atoms with van der Waals surface area (Å²) in [7, 11) is 0. The molecule has 7 nitrogen and oxygen atoms in total. The Bertz CT molecular complexity index is 773. The van der Waals surface area contributed by atoms with E-state index in [4.69, 9.17) is 5.26 Å². The number of nitrogens with one attached hydrogen (secondary N) is 1. The minimum Gasteiger partial charge on any atom is -0.336 e. The summed E-state index contributed by atoms with van der Waals surface area (Å²) in [6, 6.07) is 7.86. The van der Waals surface area contributed by atoms with Crippen LogP contribution < -0.4 is 5.32 Å². The van der Waals surface area contributed by atoms with Gasteiger partial charge in [-0.05, 0) is 52.3 Å². The number of hydrogen-bond donors (Lipinski definition) is 1. The van der Waals surface area contributed by atoms with Crippen LogP contribution in [0.3, 0.4) is 0 Å². The number of imide groups is 1. The maximum atomic E-state index is 12.9. The lowest BCUT2D eigenvalue weighted by atomic mass is 9.91. The average Bonchev–Trinajstić information content (AvgIpc) is 2.78. The molecule has 1 aliphatic rings. The summed E-state index contributed by atoms with van der Waals surface area (Å²) in [5.41, 5.74) is -0.398. The maximum absolute atomic E-state index is 12.9. The van der Waals surface area contributed by atoms with Gasteiger partial charge in [0, 0.05) is 12.1 Å². The molecule has 26 heavy (non-hydrogen) atoms. The van der Waals surface area contributed by atoms with E-state index in [2.05, 4.69) is 5.32 Å². The van der Waals surface area contributed by atoms with Crippen LogP contribution >= 0.6 is 0 Å². The molecule has 1 aromatic carbocycles. The van der Waals surface area contributed by atoms with Crippen LogP contribution in [0.4, 0.5) is 4.79 Å². The molecule has 0 saturated carbocycles. The molecule has 2 rings (SSSR count). The van der Waals surface area contributed by atoms with Crippen molar-refractivity contribution in [3.63, 3.8) is 0 Å². The van der Waals surface area contributed by atoms with Gasteiger partial charge in [0.2, 0.25) is 5.91 Å². The Hall–Kier alpha value is -2.88. The number of rotatable bonds is 5. The summed E-state index contributed by atoms with van der Waals surface area (Å²) < 4.78 is 0. The fourth-order valence-electron chi connectivity index (χ4n) is 3.33. The standard InChI is InChI=1S/C19H24N4O3/c1-12(2)23(13(3)4)16(24)11-22-17(25)19(5,21-18(22)26)15-8-6-7-14(9-15)10-20/h6-9,12-13H,11H2,1-5H3,(H,21,26). The molecular weight excluding hydrogens is 332 g/mol. The summed E-state index contributed by atoms with van der Waals surface area (Å²) >= 11 is 0. The predicted molar refractivity (Wildman–Crippen MR) is 95.9 cm³/mol. The molecule has 138 valence electrons. The Morgan fingerprint density at radius 3 is 2.42 bits per heavy atom. The number of urea groups is 1. The van der Waals surface area contributed by atoms with Gasteiger partial charge in [-0.15, -0.1) is 0 Å². The maximum Gasteiger partial charge on any atom is 0.325 e. The van der Waals surface area contributed by atoms with Crippen molar-refractivity contribution in [2.45, 2.75) is 52.2 Å². The zero-order chi connectivity index (χ0) is 19.6. The second-order valence-corrected chi connectivity index (χ2v) is 7.13. The summed E-state index contributed by atoms with van der Waals surface area (Å²) in [6.07, 6.45) is 0. The zero-order valence-corrected chi connectivity index (χ0v) is 15.7. The largest absolute Gasteiger partial charge is 0.336 e. The van der Waals surface area contributed by atoms with Gasteiger partial charge in [-0.25, -0.2) is 4.79 Å². The van der Waals surface area contributed by atoms with E-state index in [1.54, 1.807) is 36.1 Å². The third-order valence-electron chi connectivity index (χ3n) is 4.54. The molecule has 1 unspecified atom stereocenters. The Morgan fingerprint density at radius 1 is 1.27 bits per heavy atom. The van der Waals surface area contributed by atoms with Gasteiger partial charge in [0.1, 0.15) is 12.1 Å². The van der Waals surface area contributed by atoms with E-state index < -0.39 is 17.5 Å². The number of nitriles is 1. The number of carbonyl (C=O) groups excluding carboxylic acids is 3. The van der Waals surface area contributed by atoms with Crippen molar-refractivity contribution in [1.29, 1.82) is 5.26 Å². The minimum absolute atomic E-state index is 0.0399. The lowest BCUT2D eigenvalue weighted by Gasteiger charge is -2.32. The van der Waals surface area contributed by atoms with Crippen LogP contribution in [-0.2, 0) is 15.1 Å². The summed E-state index contributed by atoms with van der Waals surface area (Å²) in [4.78, 5) is 40.5. The average molecular weight is 356 g/mol. The second kappa shape index (κ2) is 7.16. The van der Waals surface area contributed by atoms with E-state index in [1.165, 1.54) is 0 Å². The Kier molecular flexibility index (Phi) is 5.36. The lowest BCUT2D eigenvalue weighted by molar-refractivity contribution is -0.141. The minimum atomic E-state index is -1.30. The van der Waals surface area contributed by atoms with Crippen molar-refractivity contribution in [1.82, 2.24) is 15.1 Å². The highest BCUT2D eigenvalue weighted by molar-refractivity contribution is 6.09. The quantitative estimate of drug-likeness (QED) is 0.816. The van der Waals surface area contributed by atoms with Crippen molar-refractivity contribution in [3.8, 4) is 6.07 Å². The molecular formula is C19H24N4O3. The highest BCUT2D eigenvalue weighted by atomic mass is 16.2. The Balaban J connectivity index is 2.28. The molecule has 4 amide bonds. The van der Waals surface area contributed by atoms with Crippen molar-refractivity contribution >= 4 is 17.8 Å². The van der Waals surface area contributed by atoms with Gasteiger partial charge in [-0.1, -0.05) is 12.1 Å². The molecule has 0 radical (unpaired) electrons. The van der Waals surface area contributed by atoms with E-state index in [1.807, 2.05) is 33.8 Å². The molecule has 1 fully saturated rings. The lowest BCUT2D eigenvalue weighted by Crippen LogP contribution is -2.49. The predicted octanol–water partition coefficient (Wildman–Crippen LogP) is 1.97. The normalized spacial score (nSPS) is 19.7. The van der Waals surface area contributed by atoms with Crippen LogP contribution in [0.15, 0.2) is 24.3 Å². The molecule has 0 aromatic heterocycles. The van der Waals surface area contributed by atoms with Gasteiger partial charge in [-0.2, -0.15) is 5.26 Å². The molecule has 0 aliphatic carbocycles. The first-order valence-electron chi connectivity index (χ1n) is 8.57. The van der Waals surface area contributed by atoms with Crippen LogP contribution in [0.1, 0.15) is 45.7 Å². The molecule has 0 bridgehead atoms. The molecule has 1 N–H and O–H groups in total. The van der Waals surface area contributed by atoms with Gasteiger partial charge in [0.05, 0.1) is 11.6 Å². The zero-order valence-electron chi connectivity index (χ0n) is 15.7. The number of hydrogen-bond acceptors (Lipinski definition) is 4. The smallest absolute Gasteiger partial charge is 0.325 e. The van der Waals surface area contributed by atoms with Gasteiger partial charge in [-0.3, -0.25) is 14.5 Å². The van der Waals surface area contributed by atoms with Crippen LogP contribution in [0.5, 0.6) is 0 Å². The first-order chi connectivity index (χ1) is 12.1. The first kappa shape index (κ1) is 19.4. The van der Waals surface area contributed by atoms with Gasteiger partial charge in [0.15, 0.2) is 0 Å². The summed E-state index contributed by atoms with van der Waals surface area (Å²) in [5.74, 6) is -0.785. The fraction of sp³-hybridized carbons (Fsp3) is 0.474. The third kappa shape index (κ3) is 3.40. The summed E-state index contributed by atoms with van der Waals surface area (Å²) in [5, 5.41) is 11.7. The number of nitrogens with zero attached hydrogens (tertiary/aromatic N) is 3. The number of benzene rings is 1. The molecule has 1 aliphatic heterocycles. The first-order valence-corrected chi connectivity index (χ1v) is 8.57. The SMILES string of the molecule is CC(C)N(C(=O)CN1C(=O)NC(C)(c2cccc(C#N)c2)C1=O)C(C)C. The van der Waals surface area contributed by atoms with Crippen molar-refractivity contribution < 1.29 is 14.4 Å². The van der Waals surface area contributed by atoms with Crippen molar-refractivity contribution in [2.24, 2.45) is 0 Å². The van der Waals surface area contributed by atoms with E-state index in [0.29, 0.717) is 11.1 Å². The fourth-order valence-corrected chi connectivity index (χ4v) is 3.33. The highest BCUT2D eigenvalue weighted by Crippen LogP contribution is 2.29. The van der Waals surface area contributed by atoms with Gasteiger partial charge < -0.3 is 10.2 Å². The van der Waals surface area contributed by atoms with Gasteiger partial charge in [0.25, 0.3) is 5.91 Å². The van der Waals surface area contributed by atoms with Crippen LogP contribution in [0.2, 0.25) is 0 Å². The highest BCUT2D eigenvalue weighted by Gasteiger charge is 2.49. The second-order valence-electron chi connectivity index (χ2n) is 7.13. The van der Waals surface area contributed by atoms with Crippen molar-refractivity contribution in [3.05, 3.63) is 35.4 Å². The molecule has 0 spiro atoms. The summed E-state index contributed by atoms with van der Waals surface area (Å²) in [6.45, 7) is 8.83. The van der Waals surface area contributed by atoms with E-state index in [-0.39, 0.29) is 24.5 Å². The number of carbonyl (C=O) groups is 3. The monoisotopic (exact) mass is 356 g/mol. The molecule has 1 saturated heterocycles. The van der Waals surface area contributed by atoms with Crippen LogP contribution in [0, 0.1) is 11.3 Å². The van der Waals surface area contributed by atoms with Crippen LogP contribution in [0.25, 0.3) is 0 Å². The molecule has 1 heterocycles. The topological polar surface area (TPSA) is 93.5 Å². The number of amides is 4. The van der Waals surface area contributed by atoms with E-state index >= 15 is 0 Å².